The first-order valence-corrected chi connectivity index (χ1v) is 11.3. The predicted octanol–water partition coefficient (Wildman–Crippen LogP) is 2.81. The number of anilines is 2. The maximum Gasteiger partial charge on any atom is 0.191 e. The van der Waals surface area contributed by atoms with Gasteiger partial charge in [0.25, 0.3) is 0 Å². The zero-order chi connectivity index (χ0) is 21.9. The lowest BCUT2D eigenvalue weighted by Crippen LogP contribution is -2.41. The number of aliphatic imine (C=N–C) groups is 1. The highest BCUT2D eigenvalue weighted by Crippen LogP contribution is 2.19. The summed E-state index contributed by atoms with van der Waals surface area (Å²) < 4.78 is 5.48. The van der Waals surface area contributed by atoms with Gasteiger partial charge in [-0.1, -0.05) is 18.2 Å². The molecule has 0 atom stereocenters. The molecule has 0 saturated carbocycles. The second-order valence-electron chi connectivity index (χ2n) is 7.63. The van der Waals surface area contributed by atoms with Crippen molar-refractivity contribution in [3.63, 3.8) is 0 Å². The van der Waals surface area contributed by atoms with Gasteiger partial charge in [0.15, 0.2) is 5.96 Å². The van der Waals surface area contributed by atoms with E-state index in [1.807, 2.05) is 12.3 Å². The third-order valence-electron chi connectivity index (χ3n) is 5.35. The van der Waals surface area contributed by atoms with Crippen molar-refractivity contribution < 1.29 is 4.74 Å². The van der Waals surface area contributed by atoms with E-state index in [1.54, 1.807) is 0 Å². The number of pyridine rings is 1. The van der Waals surface area contributed by atoms with Gasteiger partial charge >= 0.3 is 0 Å². The summed E-state index contributed by atoms with van der Waals surface area (Å²) in [6.45, 7) is 13.8. The maximum atomic E-state index is 5.48. The second-order valence-corrected chi connectivity index (χ2v) is 7.63. The summed E-state index contributed by atoms with van der Waals surface area (Å²) in [6, 6.07) is 12.8. The lowest BCUT2D eigenvalue weighted by atomic mass is 10.2. The molecule has 1 aromatic heterocycles. The van der Waals surface area contributed by atoms with Crippen LogP contribution in [0.1, 0.15) is 25.0 Å². The van der Waals surface area contributed by atoms with Crippen LogP contribution in [0.15, 0.2) is 47.6 Å². The Labute approximate surface area is 186 Å². The monoisotopic (exact) mass is 424 g/mol. The van der Waals surface area contributed by atoms with Crippen LogP contribution in [-0.2, 0) is 11.3 Å². The predicted molar refractivity (Wildman–Crippen MR) is 129 cm³/mol. The van der Waals surface area contributed by atoms with Gasteiger partial charge in [0.2, 0.25) is 0 Å². The lowest BCUT2D eigenvalue weighted by Gasteiger charge is -2.29. The molecule has 0 aliphatic carbocycles. The first-order valence-electron chi connectivity index (χ1n) is 11.3. The number of nitrogens with one attached hydrogen (secondary N) is 2. The fraction of sp³-hybridized carbons (Fsp3) is 0.500. The van der Waals surface area contributed by atoms with E-state index >= 15 is 0 Å². The highest BCUT2D eigenvalue weighted by Gasteiger charge is 2.15. The summed E-state index contributed by atoms with van der Waals surface area (Å²) >= 11 is 0. The molecule has 1 aliphatic heterocycles. The number of morpholine rings is 1. The molecule has 1 fully saturated rings. The SMILES string of the molecule is CCNC(=NCc1cccnc1N1CCOCC1)NCCN(CC)c1cccc(C)c1. The van der Waals surface area contributed by atoms with Gasteiger partial charge in [0.05, 0.1) is 19.8 Å². The van der Waals surface area contributed by atoms with Gasteiger partial charge in [-0.25, -0.2) is 9.98 Å². The van der Waals surface area contributed by atoms with E-state index in [1.165, 1.54) is 11.3 Å². The zero-order valence-corrected chi connectivity index (χ0v) is 19.1. The Bertz CT molecular complexity index is 834. The summed E-state index contributed by atoms with van der Waals surface area (Å²) in [5, 5.41) is 6.84. The molecule has 1 aliphatic rings. The van der Waals surface area contributed by atoms with Crippen molar-refractivity contribution in [1.82, 2.24) is 15.6 Å². The third kappa shape index (κ3) is 6.85. The Morgan fingerprint density at radius 2 is 2.00 bits per heavy atom. The molecule has 0 spiro atoms. The molecular formula is C24H36N6O. The standard InChI is InChI=1S/C24H36N6O/c1-4-25-24(27-12-13-29(5-2)22-10-6-8-20(3)18-22)28-19-21-9-7-11-26-23(21)30-14-16-31-17-15-30/h6-11,18H,4-5,12-17,19H2,1-3H3,(H2,25,27,28). The van der Waals surface area contributed by atoms with E-state index in [-0.39, 0.29) is 0 Å². The third-order valence-corrected chi connectivity index (χ3v) is 5.35. The number of guanidine groups is 1. The molecule has 31 heavy (non-hydrogen) atoms. The van der Waals surface area contributed by atoms with Crippen LogP contribution in [0, 0.1) is 6.92 Å². The highest BCUT2D eigenvalue weighted by molar-refractivity contribution is 5.79. The molecule has 3 rings (SSSR count). The molecule has 7 nitrogen and oxygen atoms in total. The smallest absolute Gasteiger partial charge is 0.191 e. The van der Waals surface area contributed by atoms with Crippen LogP contribution >= 0.6 is 0 Å². The number of nitrogens with zero attached hydrogens (tertiary/aromatic N) is 4. The lowest BCUT2D eigenvalue weighted by molar-refractivity contribution is 0.122. The van der Waals surface area contributed by atoms with Crippen LogP contribution in [-0.4, -0.2) is 63.4 Å². The summed E-state index contributed by atoms with van der Waals surface area (Å²) in [6.07, 6.45) is 1.85. The summed E-state index contributed by atoms with van der Waals surface area (Å²) in [4.78, 5) is 14.1. The van der Waals surface area contributed by atoms with Crippen LogP contribution < -0.4 is 20.4 Å². The fourth-order valence-electron chi connectivity index (χ4n) is 3.72. The van der Waals surface area contributed by atoms with Gasteiger partial charge < -0.3 is 25.2 Å². The molecule has 2 N–H and O–H groups in total. The molecule has 0 unspecified atom stereocenters. The van der Waals surface area contributed by atoms with Crippen molar-refractivity contribution in [3.05, 3.63) is 53.7 Å². The Kier molecular flexibility index (Phi) is 8.97. The molecule has 1 aromatic carbocycles. The van der Waals surface area contributed by atoms with Crippen molar-refractivity contribution in [2.45, 2.75) is 27.3 Å². The molecule has 0 bridgehead atoms. The van der Waals surface area contributed by atoms with E-state index in [0.717, 1.165) is 69.8 Å². The minimum absolute atomic E-state index is 0.589. The largest absolute Gasteiger partial charge is 0.378 e. The Balaban J connectivity index is 1.60. The molecule has 168 valence electrons. The zero-order valence-electron chi connectivity index (χ0n) is 19.1. The van der Waals surface area contributed by atoms with Crippen molar-refractivity contribution in [1.29, 1.82) is 0 Å². The number of benzene rings is 1. The van der Waals surface area contributed by atoms with E-state index < -0.39 is 0 Å². The van der Waals surface area contributed by atoms with Crippen molar-refractivity contribution in [3.8, 4) is 0 Å². The average molecular weight is 425 g/mol. The maximum absolute atomic E-state index is 5.48. The van der Waals surface area contributed by atoms with E-state index in [9.17, 15) is 0 Å². The van der Waals surface area contributed by atoms with Gasteiger partial charge in [-0.3, -0.25) is 0 Å². The molecule has 7 heteroatoms. The number of aromatic nitrogens is 1. The Morgan fingerprint density at radius 1 is 1.16 bits per heavy atom. The quantitative estimate of drug-likeness (QED) is 0.477. The van der Waals surface area contributed by atoms with Crippen LogP contribution in [0.25, 0.3) is 0 Å². The number of rotatable bonds is 9. The van der Waals surface area contributed by atoms with Crippen LogP contribution in [0.3, 0.4) is 0 Å². The normalized spacial score (nSPS) is 14.4. The number of ether oxygens (including phenoxy) is 1. The van der Waals surface area contributed by atoms with Crippen molar-refractivity contribution in [2.24, 2.45) is 4.99 Å². The molecule has 0 amide bonds. The number of hydrogen-bond acceptors (Lipinski definition) is 5. The first kappa shape index (κ1) is 22.9. The average Bonchev–Trinajstić information content (AvgIpc) is 2.81. The Morgan fingerprint density at radius 3 is 2.74 bits per heavy atom. The molecule has 1 saturated heterocycles. The Hall–Kier alpha value is -2.80. The van der Waals surface area contributed by atoms with Crippen LogP contribution in [0.2, 0.25) is 0 Å². The molecule has 0 radical (unpaired) electrons. The molecule has 2 heterocycles. The van der Waals surface area contributed by atoms with Gasteiger partial charge in [0, 0.05) is 56.7 Å². The van der Waals surface area contributed by atoms with E-state index in [0.29, 0.717) is 6.54 Å². The van der Waals surface area contributed by atoms with E-state index in [4.69, 9.17) is 9.73 Å². The van der Waals surface area contributed by atoms with Gasteiger partial charge in [-0.2, -0.15) is 0 Å². The van der Waals surface area contributed by atoms with Crippen LogP contribution in [0.5, 0.6) is 0 Å². The first-order chi connectivity index (χ1) is 15.2. The molecule has 2 aromatic rings. The number of hydrogen-bond donors (Lipinski definition) is 2. The number of aryl methyl sites for hydroxylation is 1. The fourth-order valence-corrected chi connectivity index (χ4v) is 3.72. The summed E-state index contributed by atoms with van der Waals surface area (Å²) in [7, 11) is 0. The number of likely N-dealkylation sites (N-methyl/N-ethyl adjacent to an activating group) is 1. The van der Waals surface area contributed by atoms with Crippen molar-refractivity contribution in [2.75, 3.05) is 62.3 Å². The summed E-state index contributed by atoms with van der Waals surface area (Å²) in [5.41, 5.74) is 3.68. The van der Waals surface area contributed by atoms with Gasteiger partial charge in [-0.15, -0.1) is 0 Å². The minimum atomic E-state index is 0.589. The molecular weight excluding hydrogens is 388 g/mol. The van der Waals surface area contributed by atoms with Gasteiger partial charge in [0.1, 0.15) is 5.82 Å². The van der Waals surface area contributed by atoms with Crippen molar-refractivity contribution >= 4 is 17.5 Å². The van der Waals surface area contributed by atoms with Crippen LogP contribution in [0.4, 0.5) is 11.5 Å². The van der Waals surface area contributed by atoms with E-state index in [2.05, 4.69) is 76.5 Å². The summed E-state index contributed by atoms with van der Waals surface area (Å²) in [5.74, 6) is 1.85. The van der Waals surface area contributed by atoms with Gasteiger partial charge in [-0.05, 0) is 44.5 Å². The topological polar surface area (TPSA) is 65.0 Å². The highest BCUT2D eigenvalue weighted by atomic mass is 16.5. The second kappa shape index (κ2) is 12.2. The minimum Gasteiger partial charge on any atom is -0.378 e.